The van der Waals surface area contributed by atoms with Crippen molar-refractivity contribution in [2.45, 2.75) is 31.7 Å². The van der Waals surface area contributed by atoms with Crippen molar-refractivity contribution in [1.82, 2.24) is 0 Å². The zero-order valence-electron chi connectivity index (χ0n) is 9.07. The first-order valence-electron chi connectivity index (χ1n) is 5.70. The van der Waals surface area contributed by atoms with Gasteiger partial charge in [0.1, 0.15) is 5.75 Å². The molecular weight excluding hydrogens is 186 g/mol. The molecule has 1 spiro atoms. The fourth-order valence-corrected chi connectivity index (χ4v) is 2.97. The third kappa shape index (κ3) is 1.28. The topological polar surface area (TPSA) is 35.2 Å². The van der Waals surface area contributed by atoms with E-state index in [4.69, 9.17) is 10.5 Å². The van der Waals surface area contributed by atoms with Crippen LogP contribution < -0.4 is 10.5 Å². The maximum atomic E-state index is 6.14. The first-order chi connectivity index (χ1) is 7.23. The van der Waals surface area contributed by atoms with Crippen molar-refractivity contribution < 1.29 is 4.74 Å². The molecule has 1 aliphatic carbocycles. The van der Waals surface area contributed by atoms with Crippen molar-refractivity contribution >= 4 is 0 Å². The van der Waals surface area contributed by atoms with Crippen LogP contribution in [0.4, 0.5) is 0 Å². The van der Waals surface area contributed by atoms with E-state index in [1.807, 2.05) is 6.07 Å². The molecule has 0 aromatic heterocycles. The van der Waals surface area contributed by atoms with Crippen molar-refractivity contribution in [3.8, 4) is 5.75 Å². The Morgan fingerprint density at radius 1 is 1.40 bits per heavy atom. The summed E-state index contributed by atoms with van der Waals surface area (Å²) >= 11 is 0. The minimum atomic E-state index is 0.220. The average molecular weight is 203 g/mol. The summed E-state index contributed by atoms with van der Waals surface area (Å²) in [4.78, 5) is 0. The number of hydrogen-bond donors (Lipinski definition) is 1. The third-order valence-corrected chi connectivity index (χ3v) is 3.85. The van der Waals surface area contributed by atoms with Gasteiger partial charge in [-0.25, -0.2) is 0 Å². The second-order valence-corrected chi connectivity index (χ2v) is 5.03. The Labute approximate surface area is 90.4 Å². The van der Waals surface area contributed by atoms with E-state index in [0.29, 0.717) is 11.3 Å². The highest BCUT2D eigenvalue weighted by Gasteiger charge is 2.54. The van der Waals surface area contributed by atoms with Crippen LogP contribution in [0.25, 0.3) is 0 Å². The molecule has 1 fully saturated rings. The SMILES string of the molecule is CC(N)C1c2ccccc2OCC12CC2. The Kier molecular flexibility index (Phi) is 1.84. The number of para-hydroxylation sites is 1. The monoisotopic (exact) mass is 203 g/mol. The van der Waals surface area contributed by atoms with Gasteiger partial charge in [-0.05, 0) is 31.4 Å². The molecule has 2 nitrogen and oxygen atoms in total. The van der Waals surface area contributed by atoms with Crippen molar-refractivity contribution in [3.05, 3.63) is 29.8 Å². The summed E-state index contributed by atoms with van der Waals surface area (Å²) in [5, 5.41) is 0. The van der Waals surface area contributed by atoms with Gasteiger partial charge < -0.3 is 10.5 Å². The van der Waals surface area contributed by atoms with E-state index in [2.05, 4.69) is 25.1 Å². The second-order valence-electron chi connectivity index (χ2n) is 5.03. The quantitative estimate of drug-likeness (QED) is 0.760. The molecule has 2 atom stereocenters. The standard InChI is InChI=1S/C13H17NO/c1-9(14)12-10-4-2-3-5-11(10)15-8-13(12)6-7-13/h2-5,9,12H,6-8,14H2,1H3. The van der Waals surface area contributed by atoms with E-state index in [9.17, 15) is 0 Å². The fraction of sp³-hybridized carbons (Fsp3) is 0.538. The molecule has 0 amide bonds. The molecule has 2 heteroatoms. The van der Waals surface area contributed by atoms with Gasteiger partial charge in [0.2, 0.25) is 0 Å². The fourth-order valence-electron chi connectivity index (χ4n) is 2.97. The summed E-state index contributed by atoms with van der Waals surface area (Å²) in [6.07, 6.45) is 2.54. The van der Waals surface area contributed by atoms with Gasteiger partial charge in [0.05, 0.1) is 6.61 Å². The number of hydrogen-bond acceptors (Lipinski definition) is 2. The van der Waals surface area contributed by atoms with E-state index in [0.717, 1.165) is 12.4 Å². The highest BCUT2D eigenvalue weighted by Crippen LogP contribution is 2.60. The summed E-state index contributed by atoms with van der Waals surface area (Å²) in [6.45, 7) is 2.98. The van der Waals surface area contributed by atoms with Crippen LogP contribution in [0.2, 0.25) is 0 Å². The van der Waals surface area contributed by atoms with E-state index < -0.39 is 0 Å². The Morgan fingerprint density at radius 2 is 2.13 bits per heavy atom. The summed E-state index contributed by atoms with van der Waals surface area (Å²) in [7, 11) is 0. The molecule has 0 bridgehead atoms. The molecule has 1 aromatic rings. The molecular formula is C13H17NO. The smallest absolute Gasteiger partial charge is 0.122 e. The van der Waals surface area contributed by atoms with Gasteiger partial charge in [-0.15, -0.1) is 0 Å². The minimum Gasteiger partial charge on any atom is -0.493 e. The lowest BCUT2D eigenvalue weighted by Gasteiger charge is -2.36. The molecule has 0 radical (unpaired) electrons. The first-order valence-corrected chi connectivity index (χ1v) is 5.70. The predicted molar refractivity (Wildman–Crippen MR) is 60.0 cm³/mol. The third-order valence-electron chi connectivity index (χ3n) is 3.85. The summed E-state index contributed by atoms with van der Waals surface area (Å²) in [5.41, 5.74) is 7.82. The lowest BCUT2D eigenvalue weighted by atomic mass is 9.77. The Balaban J connectivity index is 2.08. The van der Waals surface area contributed by atoms with Gasteiger partial charge >= 0.3 is 0 Å². The molecule has 3 rings (SSSR count). The van der Waals surface area contributed by atoms with Crippen molar-refractivity contribution in [2.75, 3.05) is 6.61 Å². The Bertz CT molecular complexity index is 382. The number of rotatable bonds is 1. The molecule has 2 N–H and O–H groups in total. The first kappa shape index (κ1) is 9.22. The van der Waals surface area contributed by atoms with Gasteiger partial charge in [-0.2, -0.15) is 0 Å². The summed E-state index contributed by atoms with van der Waals surface area (Å²) in [6, 6.07) is 8.56. The van der Waals surface area contributed by atoms with Crippen LogP contribution in [0.5, 0.6) is 5.75 Å². The van der Waals surface area contributed by atoms with Crippen molar-refractivity contribution in [1.29, 1.82) is 0 Å². The number of fused-ring (bicyclic) bond motifs is 1. The number of nitrogens with two attached hydrogens (primary N) is 1. The largest absolute Gasteiger partial charge is 0.493 e. The molecule has 1 saturated carbocycles. The Hall–Kier alpha value is -1.02. The highest BCUT2D eigenvalue weighted by atomic mass is 16.5. The summed E-state index contributed by atoms with van der Waals surface area (Å²) in [5.74, 6) is 1.53. The van der Waals surface area contributed by atoms with Crippen LogP contribution >= 0.6 is 0 Å². The molecule has 80 valence electrons. The summed E-state index contributed by atoms with van der Waals surface area (Å²) < 4.78 is 5.83. The van der Waals surface area contributed by atoms with E-state index >= 15 is 0 Å². The zero-order chi connectivity index (χ0) is 10.5. The normalized spacial score (nSPS) is 28.0. The van der Waals surface area contributed by atoms with Gasteiger partial charge in [-0.1, -0.05) is 18.2 Å². The van der Waals surface area contributed by atoms with E-state index in [1.165, 1.54) is 18.4 Å². The molecule has 1 aliphatic heterocycles. The van der Waals surface area contributed by atoms with E-state index in [-0.39, 0.29) is 6.04 Å². The molecule has 15 heavy (non-hydrogen) atoms. The maximum Gasteiger partial charge on any atom is 0.122 e. The van der Waals surface area contributed by atoms with Gasteiger partial charge in [-0.3, -0.25) is 0 Å². The van der Waals surface area contributed by atoms with Crippen LogP contribution in [0, 0.1) is 5.41 Å². The molecule has 1 aromatic carbocycles. The molecule has 2 aliphatic rings. The lowest BCUT2D eigenvalue weighted by molar-refractivity contribution is 0.164. The second kappa shape index (κ2) is 2.99. The predicted octanol–water partition coefficient (Wildman–Crippen LogP) is 2.29. The van der Waals surface area contributed by atoms with Gasteiger partial charge in [0.15, 0.2) is 0 Å². The average Bonchev–Trinajstić information content (AvgIpc) is 2.98. The van der Waals surface area contributed by atoms with Gasteiger partial charge in [0.25, 0.3) is 0 Å². The van der Waals surface area contributed by atoms with Crippen LogP contribution in [0.1, 0.15) is 31.2 Å². The van der Waals surface area contributed by atoms with Crippen LogP contribution in [0.3, 0.4) is 0 Å². The maximum absolute atomic E-state index is 6.14. The highest BCUT2D eigenvalue weighted by molar-refractivity contribution is 5.42. The minimum absolute atomic E-state index is 0.220. The molecule has 2 unspecified atom stereocenters. The van der Waals surface area contributed by atoms with Crippen LogP contribution in [0.15, 0.2) is 24.3 Å². The van der Waals surface area contributed by atoms with Gasteiger partial charge in [0, 0.05) is 17.4 Å². The van der Waals surface area contributed by atoms with Crippen molar-refractivity contribution in [2.24, 2.45) is 11.1 Å². The van der Waals surface area contributed by atoms with E-state index in [1.54, 1.807) is 0 Å². The van der Waals surface area contributed by atoms with Crippen molar-refractivity contribution in [3.63, 3.8) is 0 Å². The Morgan fingerprint density at radius 3 is 2.80 bits per heavy atom. The number of ether oxygens (including phenoxy) is 1. The zero-order valence-corrected chi connectivity index (χ0v) is 9.07. The molecule has 1 heterocycles. The van der Waals surface area contributed by atoms with Crippen LogP contribution in [-0.2, 0) is 0 Å². The number of benzene rings is 1. The lowest BCUT2D eigenvalue weighted by Crippen LogP contribution is -2.38. The molecule has 0 saturated heterocycles. The van der Waals surface area contributed by atoms with Crippen LogP contribution in [-0.4, -0.2) is 12.6 Å².